The number of ether oxygens (including phenoxy) is 1. The molecule has 21 heavy (non-hydrogen) atoms. The van der Waals surface area contributed by atoms with Crippen molar-refractivity contribution in [1.82, 2.24) is 0 Å². The summed E-state index contributed by atoms with van der Waals surface area (Å²) in [4.78, 5) is 0. The van der Waals surface area contributed by atoms with Crippen molar-refractivity contribution >= 4 is 8.32 Å². The Balaban J connectivity index is 1.80. The summed E-state index contributed by atoms with van der Waals surface area (Å²) in [5.74, 6) is 0.551. The molecule has 118 valence electrons. The van der Waals surface area contributed by atoms with Gasteiger partial charge in [-0.15, -0.1) is 0 Å². The second-order valence-electron chi connectivity index (χ2n) is 7.71. The second-order valence-corrected chi connectivity index (χ2v) is 12.5. The maximum Gasteiger partial charge on any atom is 0.192 e. The molecule has 2 nitrogen and oxygen atoms in total. The van der Waals surface area contributed by atoms with Crippen LogP contribution in [-0.2, 0) is 9.16 Å². The van der Waals surface area contributed by atoms with E-state index < -0.39 is 8.32 Å². The van der Waals surface area contributed by atoms with Crippen LogP contribution in [0.1, 0.15) is 45.1 Å². The molecule has 1 aromatic carbocycles. The maximum absolute atomic E-state index is 6.29. The van der Waals surface area contributed by atoms with Crippen molar-refractivity contribution < 1.29 is 9.16 Å². The molecule has 1 aliphatic rings. The van der Waals surface area contributed by atoms with Crippen molar-refractivity contribution in [3.8, 4) is 0 Å². The fraction of sp³-hybridized carbons (Fsp3) is 0.667. The first kappa shape index (κ1) is 16.7. The second kappa shape index (κ2) is 6.63. The lowest BCUT2D eigenvalue weighted by Gasteiger charge is -2.38. The van der Waals surface area contributed by atoms with Crippen molar-refractivity contribution in [2.24, 2.45) is 0 Å². The van der Waals surface area contributed by atoms with Gasteiger partial charge in [-0.2, -0.15) is 0 Å². The van der Waals surface area contributed by atoms with Crippen LogP contribution in [0.25, 0.3) is 0 Å². The molecule has 0 saturated carbocycles. The largest absolute Gasteiger partial charge is 0.414 e. The van der Waals surface area contributed by atoms with Gasteiger partial charge in [0.25, 0.3) is 0 Å². The van der Waals surface area contributed by atoms with Crippen LogP contribution in [-0.4, -0.2) is 27.6 Å². The standard InChI is InChI=1S/C18H30O2Si/c1-18(2,3)21(4,5)20-14-17-12-11-16(13-19-17)15-9-7-6-8-10-15/h6-10,16-17H,11-14H2,1-5H3. The molecule has 0 N–H and O–H groups in total. The smallest absolute Gasteiger partial charge is 0.192 e. The SMILES string of the molecule is CC(C)(C)[Si](C)(C)OCC1CCC(c2ccccc2)CO1. The third kappa shape index (κ3) is 4.41. The molecule has 1 aromatic rings. The van der Waals surface area contributed by atoms with Gasteiger partial charge >= 0.3 is 0 Å². The van der Waals surface area contributed by atoms with Crippen LogP contribution in [0, 0.1) is 0 Å². The summed E-state index contributed by atoms with van der Waals surface area (Å²) in [5, 5.41) is 0.272. The molecular formula is C18H30O2Si. The molecule has 0 amide bonds. The van der Waals surface area contributed by atoms with E-state index in [1.807, 2.05) is 0 Å². The van der Waals surface area contributed by atoms with Crippen LogP contribution in [0.15, 0.2) is 30.3 Å². The summed E-state index contributed by atoms with van der Waals surface area (Å²) < 4.78 is 12.3. The van der Waals surface area contributed by atoms with Crippen LogP contribution < -0.4 is 0 Å². The van der Waals surface area contributed by atoms with Crippen LogP contribution in [0.4, 0.5) is 0 Å². The molecule has 0 aliphatic carbocycles. The fourth-order valence-corrected chi connectivity index (χ4v) is 3.48. The third-order valence-corrected chi connectivity index (χ3v) is 9.58. The molecule has 3 heteroatoms. The fourth-order valence-electron chi connectivity index (χ4n) is 2.44. The first-order chi connectivity index (χ1) is 9.79. The predicted molar refractivity (Wildman–Crippen MR) is 91.3 cm³/mol. The molecule has 1 heterocycles. The van der Waals surface area contributed by atoms with Crippen LogP contribution in [0.2, 0.25) is 18.1 Å². The lowest BCUT2D eigenvalue weighted by atomic mass is 9.92. The molecule has 2 atom stereocenters. The highest BCUT2D eigenvalue weighted by molar-refractivity contribution is 6.74. The summed E-state index contributed by atoms with van der Waals surface area (Å²) in [6.45, 7) is 13.1. The lowest BCUT2D eigenvalue weighted by Crippen LogP contribution is -2.43. The Labute approximate surface area is 131 Å². The average molecular weight is 307 g/mol. The quantitative estimate of drug-likeness (QED) is 0.731. The lowest BCUT2D eigenvalue weighted by molar-refractivity contribution is -0.0239. The molecule has 1 saturated heterocycles. The Bertz CT molecular complexity index is 428. The normalized spacial score (nSPS) is 24.0. The Hall–Kier alpha value is -0.643. The van der Waals surface area contributed by atoms with E-state index in [1.165, 1.54) is 12.0 Å². The average Bonchev–Trinajstić information content (AvgIpc) is 2.45. The Morgan fingerprint density at radius 2 is 1.81 bits per heavy atom. The van der Waals surface area contributed by atoms with Gasteiger partial charge in [0, 0.05) is 5.92 Å². The number of hydrogen-bond donors (Lipinski definition) is 0. The Morgan fingerprint density at radius 3 is 2.33 bits per heavy atom. The minimum absolute atomic E-state index is 0.272. The van der Waals surface area contributed by atoms with Crippen molar-refractivity contribution in [2.75, 3.05) is 13.2 Å². The van der Waals surface area contributed by atoms with Gasteiger partial charge in [-0.05, 0) is 36.5 Å². The zero-order valence-corrected chi connectivity index (χ0v) is 15.2. The van der Waals surface area contributed by atoms with Crippen LogP contribution >= 0.6 is 0 Å². The highest BCUT2D eigenvalue weighted by Crippen LogP contribution is 2.37. The molecule has 0 aromatic heterocycles. The van der Waals surface area contributed by atoms with Crippen LogP contribution in [0.3, 0.4) is 0 Å². The first-order valence-corrected chi connectivity index (χ1v) is 11.0. The minimum atomic E-state index is -1.65. The van der Waals surface area contributed by atoms with E-state index in [1.54, 1.807) is 0 Å². The highest BCUT2D eigenvalue weighted by Gasteiger charge is 2.38. The predicted octanol–water partition coefficient (Wildman–Crippen LogP) is 4.97. The number of hydrogen-bond acceptors (Lipinski definition) is 2. The summed E-state index contributed by atoms with van der Waals surface area (Å²) in [5.41, 5.74) is 1.40. The molecule has 2 unspecified atom stereocenters. The van der Waals surface area contributed by atoms with Gasteiger partial charge in [0.05, 0.1) is 19.3 Å². The van der Waals surface area contributed by atoms with Crippen molar-refractivity contribution in [1.29, 1.82) is 0 Å². The minimum Gasteiger partial charge on any atom is -0.414 e. The van der Waals surface area contributed by atoms with Gasteiger partial charge in [-0.1, -0.05) is 51.1 Å². The molecule has 0 spiro atoms. The van der Waals surface area contributed by atoms with E-state index in [0.29, 0.717) is 5.92 Å². The van der Waals surface area contributed by atoms with Gasteiger partial charge in [0.1, 0.15) is 0 Å². The summed E-state index contributed by atoms with van der Waals surface area (Å²) in [7, 11) is -1.65. The van der Waals surface area contributed by atoms with Crippen LogP contribution in [0.5, 0.6) is 0 Å². The molecule has 0 bridgehead atoms. The molecule has 1 aliphatic heterocycles. The van der Waals surface area contributed by atoms with Gasteiger partial charge in [-0.25, -0.2) is 0 Å². The van der Waals surface area contributed by atoms with Crippen molar-refractivity contribution in [3.05, 3.63) is 35.9 Å². The van der Waals surface area contributed by atoms with Crippen molar-refractivity contribution in [3.63, 3.8) is 0 Å². The zero-order chi connectivity index (χ0) is 15.5. The number of rotatable bonds is 4. The van der Waals surface area contributed by atoms with E-state index in [4.69, 9.17) is 9.16 Å². The Kier molecular flexibility index (Phi) is 5.28. The molecule has 0 radical (unpaired) electrons. The van der Waals surface area contributed by atoms with Gasteiger partial charge in [-0.3, -0.25) is 0 Å². The molecule has 2 rings (SSSR count). The van der Waals surface area contributed by atoms with E-state index in [-0.39, 0.29) is 11.1 Å². The molecular weight excluding hydrogens is 276 g/mol. The summed E-state index contributed by atoms with van der Waals surface area (Å²) in [6.07, 6.45) is 2.59. The van der Waals surface area contributed by atoms with Crippen molar-refractivity contribution in [2.45, 2.75) is 63.8 Å². The summed E-state index contributed by atoms with van der Waals surface area (Å²) in [6, 6.07) is 10.7. The number of benzene rings is 1. The van der Waals surface area contributed by atoms with E-state index in [0.717, 1.165) is 19.6 Å². The first-order valence-electron chi connectivity index (χ1n) is 8.10. The van der Waals surface area contributed by atoms with Gasteiger partial charge in [0.15, 0.2) is 8.32 Å². The third-order valence-electron chi connectivity index (χ3n) is 5.08. The van der Waals surface area contributed by atoms with E-state index in [2.05, 4.69) is 64.2 Å². The Morgan fingerprint density at radius 1 is 1.14 bits per heavy atom. The zero-order valence-electron chi connectivity index (χ0n) is 14.2. The van der Waals surface area contributed by atoms with Gasteiger partial charge < -0.3 is 9.16 Å². The van der Waals surface area contributed by atoms with E-state index >= 15 is 0 Å². The highest BCUT2D eigenvalue weighted by atomic mass is 28.4. The molecule has 1 fully saturated rings. The maximum atomic E-state index is 6.29. The van der Waals surface area contributed by atoms with E-state index in [9.17, 15) is 0 Å². The topological polar surface area (TPSA) is 18.5 Å². The summed E-state index contributed by atoms with van der Waals surface area (Å²) >= 11 is 0. The monoisotopic (exact) mass is 306 g/mol. The van der Waals surface area contributed by atoms with Gasteiger partial charge in [0.2, 0.25) is 0 Å².